The van der Waals surface area contributed by atoms with Crippen LogP contribution < -0.4 is 10.5 Å². The molecule has 0 amide bonds. The van der Waals surface area contributed by atoms with Gasteiger partial charge >= 0.3 is 0 Å². The molecule has 0 saturated carbocycles. The summed E-state index contributed by atoms with van der Waals surface area (Å²) in [7, 11) is 1.66. The zero-order chi connectivity index (χ0) is 11.4. The van der Waals surface area contributed by atoms with E-state index in [0.29, 0.717) is 6.54 Å². The van der Waals surface area contributed by atoms with E-state index in [0.717, 1.165) is 22.4 Å². The van der Waals surface area contributed by atoms with Crippen LogP contribution in [0.15, 0.2) is 42.7 Å². The zero-order valence-corrected chi connectivity index (χ0v) is 9.18. The lowest BCUT2D eigenvalue weighted by atomic mass is 10.1. The van der Waals surface area contributed by atoms with Crippen LogP contribution in [0, 0.1) is 0 Å². The second-order valence-electron chi connectivity index (χ2n) is 3.52. The van der Waals surface area contributed by atoms with E-state index in [1.165, 1.54) is 0 Å². The molecule has 0 aliphatic rings. The molecule has 0 radical (unpaired) electrons. The lowest BCUT2D eigenvalue weighted by molar-refractivity contribution is 0.415. The fraction of sp³-hybridized carbons (Fsp3) is 0.154. The van der Waals surface area contributed by atoms with E-state index in [2.05, 4.69) is 4.98 Å². The molecule has 0 aliphatic carbocycles. The maximum absolute atomic E-state index is 5.59. The number of benzene rings is 1. The number of ether oxygens (including phenoxy) is 1. The van der Waals surface area contributed by atoms with Gasteiger partial charge in [-0.15, -0.1) is 0 Å². The van der Waals surface area contributed by atoms with Crippen molar-refractivity contribution in [3.8, 4) is 16.9 Å². The first-order valence-corrected chi connectivity index (χ1v) is 5.12. The second kappa shape index (κ2) is 4.77. The van der Waals surface area contributed by atoms with Crippen molar-refractivity contribution in [2.75, 3.05) is 7.11 Å². The fourth-order valence-corrected chi connectivity index (χ4v) is 1.56. The van der Waals surface area contributed by atoms with E-state index in [1.54, 1.807) is 13.3 Å². The van der Waals surface area contributed by atoms with Gasteiger partial charge in [0.15, 0.2) is 0 Å². The minimum absolute atomic E-state index is 0.505. The molecule has 16 heavy (non-hydrogen) atoms. The van der Waals surface area contributed by atoms with Gasteiger partial charge in [-0.05, 0) is 29.3 Å². The van der Waals surface area contributed by atoms with E-state index in [4.69, 9.17) is 10.5 Å². The van der Waals surface area contributed by atoms with Crippen molar-refractivity contribution in [1.82, 2.24) is 4.98 Å². The maximum atomic E-state index is 5.59. The molecule has 1 aromatic heterocycles. The van der Waals surface area contributed by atoms with Crippen molar-refractivity contribution in [3.05, 3.63) is 48.3 Å². The van der Waals surface area contributed by atoms with Crippen LogP contribution in [0.5, 0.6) is 5.75 Å². The predicted octanol–water partition coefficient (Wildman–Crippen LogP) is 2.22. The van der Waals surface area contributed by atoms with Gasteiger partial charge in [0.05, 0.1) is 7.11 Å². The lowest BCUT2D eigenvalue weighted by Gasteiger charge is -2.05. The average Bonchev–Trinajstić information content (AvgIpc) is 2.39. The van der Waals surface area contributed by atoms with Gasteiger partial charge in [0.2, 0.25) is 0 Å². The van der Waals surface area contributed by atoms with Gasteiger partial charge in [-0.1, -0.05) is 12.1 Å². The molecule has 3 heteroatoms. The van der Waals surface area contributed by atoms with E-state index in [9.17, 15) is 0 Å². The van der Waals surface area contributed by atoms with Crippen molar-refractivity contribution in [2.24, 2.45) is 5.73 Å². The SMILES string of the molecule is COc1cccc(-c2cncc(CN)c2)c1. The standard InChI is InChI=1S/C13H14N2O/c1-16-13-4-2-3-11(6-13)12-5-10(7-14)8-15-9-12/h2-6,8-9H,7,14H2,1H3. The highest BCUT2D eigenvalue weighted by atomic mass is 16.5. The average molecular weight is 214 g/mol. The quantitative estimate of drug-likeness (QED) is 0.852. The molecular weight excluding hydrogens is 200 g/mol. The summed E-state index contributed by atoms with van der Waals surface area (Å²) >= 11 is 0. The first-order chi connectivity index (χ1) is 7.83. The lowest BCUT2D eigenvalue weighted by Crippen LogP contribution is -1.97. The summed E-state index contributed by atoms with van der Waals surface area (Å²) in [4.78, 5) is 4.17. The van der Waals surface area contributed by atoms with Gasteiger partial charge in [0, 0.05) is 24.5 Å². The summed E-state index contributed by atoms with van der Waals surface area (Å²) in [5, 5.41) is 0. The number of methoxy groups -OCH3 is 1. The molecule has 0 fully saturated rings. The predicted molar refractivity (Wildman–Crippen MR) is 64.1 cm³/mol. The van der Waals surface area contributed by atoms with Crippen molar-refractivity contribution >= 4 is 0 Å². The van der Waals surface area contributed by atoms with Gasteiger partial charge in [-0.3, -0.25) is 4.98 Å². The van der Waals surface area contributed by atoms with Gasteiger partial charge in [0.1, 0.15) is 5.75 Å². The highest BCUT2D eigenvalue weighted by Gasteiger charge is 2.00. The summed E-state index contributed by atoms with van der Waals surface area (Å²) in [5.74, 6) is 0.843. The van der Waals surface area contributed by atoms with Crippen molar-refractivity contribution in [3.63, 3.8) is 0 Å². The summed E-state index contributed by atoms with van der Waals surface area (Å²) in [5.41, 5.74) is 8.76. The van der Waals surface area contributed by atoms with Crippen molar-refractivity contribution in [1.29, 1.82) is 0 Å². The first kappa shape index (κ1) is 10.6. The van der Waals surface area contributed by atoms with Crippen LogP contribution in [-0.4, -0.2) is 12.1 Å². The van der Waals surface area contributed by atoms with Crippen LogP contribution in [0.4, 0.5) is 0 Å². The molecule has 2 N–H and O–H groups in total. The third kappa shape index (κ3) is 2.20. The zero-order valence-electron chi connectivity index (χ0n) is 9.18. The summed E-state index contributed by atoms with van der Waals surface area (Å²) in [6.07, 6.45) is 3.61. The molecule has 0 unspecified atom stereocenters. The molecule has 0 aliphatic heterocycles. The molecule has 1 aromatic carbocycles. The van der Waals surface area contributed by atoms with Crippen LogP contribution >= 0.6 is 0 Å². The number of hydrogen-bond donors (Lipinski definition) is 1. The minimum atomic E-state index is 0.505. The Kier molecular flexibility index (Phi) is 3.17. The van der Waals surface area contributed by atoms with Crippen LogP contribution in [0.2, 0.25) is 0 Å². The fourth-order valence-electron chi connectivity index (χ4n) is 1.56. The second-order valence-corrected chi connectivity index (χ2v) is 3.52. The Bertz CT molecular complexity index is 437. The van der Waals surface area contributed by atoms with Gasteiger partial charge in [0.25, 0.3) is 0 Å². The molecule has 1 heterocycles. The van der Waals surface area contributed by atoms with E-state index in [-0.39, 0.29) is 0 Å². The number of pyridine rings is 1. The van der Waals surface area contributed by atoms with E-state index < -0.39 is 0 Å². The van der Waals surface area contributed by atoms with Crippen LogP contribution in [0.25, 0.3) is 11.1 Å². The summed E-state index contributed by atoms with van der Waals surface area (Å²) < 4.78 is 5.19. The molecule has 0 atom stereocenters. The van der Waals surface area contributed by atoms with E-state index >= 15 is 0 Å². The molecule has 0 spiro atoms. The number of rotatable bonds is 3. The highest BCUT2D eigenvalue weighted by Crippen LogP contribution is 2.23. The molecule has 2 aromatic rings. The Morgan fingerprint density at radius 2 is 2.06 bits per heavy atom. The molecular formula is C13H14N2O. The normalized spacial score (nSPS) is 10.1. The number of aromatic nitrogens is 1. The van der Waals surface area contributed by atoms with Crippen molar-refractivity contribution < 1.29 is 4.74 Å². The Morgan fingerprint density at radius 1 is 1.19 bits per heavy atom. The topological polar surface area (TPSA) is 48.1 Å². The van der Waals surface area contributed by atoms with Gasteiger partial charge in [-0.2, -0.15) is 0 Å². The molecule has 0 saturated heterocycles. The van der Waals surface area contributed by atoms with E-state index in [1.807, 2.05) is 36.5 Å². The highest BCUT2D eigenvalue weighted by molar-refractivity contribution is 5.64. The maximum Gasteiger partial charge on any atom is 0.119 e. The summed E-state index contributed by atoms with van der Waals surface area (Å²) in [6, 6.07) is 9.94. The Balaban J connectivity index is 2.41. The van der Waals surface area contributed by atoms with Crippen molar-refractivity contribution in [2.45, 2.75) is 6.54 Å². The third-order valence-electron chi connectivity index (χ3n) is 2.43. The Hall–Kier alpha value is -1.87. The molecule has 2 rings (SSSR count). The largest absolute Gasteiger partial charge is 0.497 e. The molecule has 82 valence electrons. The Morgan fingerprint density at radius 3 is 2.81 bits per heavy atom. The minimum Gasteiger partial charge on any atom is -0.497 e. The molecule has 3 nitrogen and oxygen atoms in total. The molecule has 0 bridgehead atoms. The van der Waals surface area contributed by atoms with Crippen LogP contribution in [0.1, 0.15) is 5.56 Å². The number of nitrogens with zero attached hydrogens (tertiary/aromatic N) is 1. The van der Waals surface area contributed by atoms with Gasteiger partial charge in [-0.25, -0.2) is 0 Å². The smallest absolute Gasteiger partial charge is 0.119 e. The summed E-state index contributed by atoms with van der Waals surface area (Å²) in [6.45, 7) is 0.505. The third-order valence-corrected chi connectivity index (χ3v) is 2.43. The van der Waals surface area contributed by atoms with Gasteiger partial charge < -0.3 is 10.5 Å². The monoisotopic (exact) mass is 214 g/mol. The first-order valence-electron chi connectivity index (χ1n) is 5.12. The number of hydrogen-bond acceptors (Lipinski definition) is 3. The number of nitrogens with two attached hydrogens (primary N) is 1. The Labute approximate surface area is 94.9 Å². The van der Waals surface area contributed by atoms with Crippen LogP contribution in [-0.2, 0) is 6.54 Å². The van der Waals surface area contributed by atoms with Crippen LogP contribution in [0.3, 0.4) is 0 Å².